The molecule has 0 spiro atoms. The molecule has 1 fully saturated rings. The Morgan fingerprint density at radius 3 is 1.39 bits per heavy atom. The second-order valence-electron chi connectivity index (χ2n) is 18.3. The molecule has 6 unspecified atom stereocenters. The van der Waals surface area contributed by atoms with Gasteiger partial charge in [0.15, 0.2) is 6.29 Å². The number of carbonyl (C=O) groups excluding carboxylic acids is 1. The molecule has 1 aliphatic heterocycles. The first-order chi connectivity index (χ1) is 30.4. The van der Waals surface area contributed by atoms with E-state index in [9.17, 15) is 25.2 Å². The molecule has 0 aromatic carbocycles. The number of aliphatic hydroxyl groups is 4. The topological polar surface area (TPSA) is 135 Å². The predicted molar refractivity (Wildman–Crippen MR) is 256 cm³/mol. The number of carbonyl (C=O) groups is 1. The lowest BCUT2D eigenvalue weighted by molar-refractivity contribution is -0.305. The molecule has 0 aromatic heterocycles. The molecular formula is C53H100O9. The molecule has 0 saturated carbocycles. The van der Waals surface area contributed by atoms with Crippen molar-refractivity contribution in [2.45, 2.75) is 282 Å². The summed E-state index contributed by atoms with van der Waals surface area (Å²) in [6, 6.07) is 0. The summed E-state index contributed by atoms with van der Waals surface area (Å²) in [4.78, 5) is 12.8. The molecule has 366 valence electrons. The lowest BCUT2D eigenvalue weighted by Crippen LogP contribution is -2.59. The third kappa shape index (κ3) is 35.0. The maximum absolute atomic E-state index is 12.8. The molecule has 0 bridgehead atoms. The molecule has 1 heterocycles. The molecule has 9 heteroatoms. The second-order valence-corrected chi connectivity index (χ2v) is 18.3. The van der Waals surface area contributed by atoms with Crippen LogP contribution in [0.25, 0.3) is 0 Å². The average molecular weight is 881 g/mol. The van der Waals surface area contributed by atoms with Gasteiger partial charge in [-0.25, -0.2) is 0 Å². The van der Waals surface area contributed by atoms with Crippen LogP contribution in [0.4, 0.5) is 0 Å². The Morgan fingerprint density at radius 2 is 0.935 bits per heavy atom. The van der Waals surface area contributed by atoms with E-state index < -0.39 is 43.4 Å². The highest BCUT2D eigenvalue weighted by Crippen LogP contribution is 2.23. The van der Waals surface area contributed by atoms with Crippen LogP contribution in [0.2, 0.25) is 0 Å². The maximum Gasteiger partial charge on any atom is 0.306 e. The van der Waals surface area contributed by atoms with Crippen LogP contribution in [-0.2, 0) is 23.7 Å². The summed E-state index contributed by atoms with van der Waals surface area (Å²) >= 11 is 0. The van der Waals surface area contributed by atoms with Crippen molar-refractivity contribution in [1.29, 1.82) is 0 Å². The molecule has 9 nitrogen and oxygen atoms in total. The lowest BCUT2D eigenvalue weighted by atomic mass is 9.99. The molecule has 6 atom stereocenters. The van der Waals surface area contributed by atoms with E-state index >= 15 is 0 Å². The van der Waals surface area contributed by atoms with Crippen molar-refractivity contribution >= 4 is 5.97 Å². The average Bonchev–Trinajstić information content (AvgIpc) is 3.27. The summed E-state index contributed by atoms with van der Waals surface area (Å²) in [5.74, 6) is -0.309. The molecule has 0 amide bonds. The van der Waals surface area contributed by atoms with E-state index in [2.05, 4.69) is 38.2 Å². The van der Waals surface area contributed by atoms with E-state index in [1.165, 1.54) is 186 Å². The summed E-state index contributed by atoms with van der Waals surface area (Å²) in [5.41, 5.74) is 0. The van der Waals surface area contributed by atoms with Gasteiger partial charge in [0.1, 0.15) is 30.5 Å². The van der Waals surface area contributed by atoms with Gasteiger partial charge in [-0.05, 0) is 44.9 Å². The number of hydrogen-bond donors (Lipinski definition) is 4. The monoisotopic (exact) mass is 881 g/mol. The van der Waals surface area contributed by atoms with Gasteiger partial charge >= 0.3 is 5.97 Å². The van der Waals surface area contributed by atoms with Crippen LogP contribution >= 0.6 is 0 Å². The molecule has 1 aliphatic rings. The number of rotatable bonds is 46. The van der Waals surface area contributed by atoms with Crippen LogP contribution < -0.4 is 0 Å². The van der Waals surface area contributed by atoms with Gasteiger partial charge < -0.3 is 39.4 Å². The number of esters is 1. The van der Waals surface area contributed by atoms with Gasteiger partial charge in [0, 0.05) is 13.0 Å². The zero-order valence-electron chi connectivity index (χ0n) is 40.4. The lowest BCUT2D eigenvalue weighted by Gasteiger charge is -2.39. The van der Waals surface area contributed by atoms with Crippen LogP contribution in [0.15, 0.2) is 24.3 Å². The summed E-state index contributed by atoms with van der Waals surface area (Å²) < 4.78 is 22.9. The fourth-order valence-corrected chi connectivity index (χ4v) is 8.23. The molecule has 1 saturated heterocycles. The Bertz CT molecular complexity index is 1000. The van der Waals surface area contributed by atoms with Crippen LogP contribution in [-0.4, -0.2) is 89.6 Å². The van der Waals surface area contributed by atoms with Crippen LogP contribution in [0, 0.1) is 0 Å². The summed E-state index contributed by atoms with van der Waals surface area (Å²) in [5, 5.41) is 40.3. The first-order valence-electron chi connectivity index (χ1n) is 26.4. The Hall–Kier alpha value is -1.33. The van der Waals surface area contributed by atoms with E-state index in [1.807, 2.05) is 0 Å². The van der Waals surface area contributed by atoms with Gasteiger partial charge in [0.25, 0.3) is 0 Å². The zero-order valence-corrected chi connectivity index (χ0v) is 40.4. The second kappa shape index (κ2) is 44.9. The molecule has 4 N–H and O–H groups in total. The molecule has 62 heavy (non-hydrogen) atoms. The van der Waals surface area contributed by atoms with Gasteiger partial charge in [-0.15, -0.1) is 0 Å². The molecular weight excluding hydrogens is 781 g/mol. The van der Waals surface area contributed by atoms with Crippen LogP contribution in [0.1, 0.15) is 245 Å². The maximum atomic E-state index is 12.8. The highest BCUT2D eigenvalue weighted by molar-refractivity contribution is 5.69. The minimum absolute atomic E-state index is 0.110. The van der Waals surface area contributed by atoms with Gasteiger partial charge in [0.05, 0.1) is 19.8 Å². The van der Waals surface area contributed by atoms with E-state index in [0.29, 0.717) is 13.0 Å². The van der Waals surface area contributed by atoms with Crippen molar-refractivity contribution in [3.05, 3.63) is 24.3 Å². The van der Waals surface area contributed by atoms with Gasteiger partial charge in [-0.1, -0.05) is 218 Å². The Labute approximate surface area is 381 Å². The molecule has 0 aromatic rings. The first-order valence-corrected chi connectivity index (χ1v) is 26.4. The number of hydrogen-bond acceptors (Lipinski definition) is 9. The Balaban J connectivity index is 2.18. The summed E-state index contributed by atoms with van der Waals surface area (Å²) in [7, 11) is 0. The van der Waals surface area contributed by atoms with Crippen molar-refractivity contribution < 1.29 is 44.2 Å². The van der Waals surface area contributed by atoms with E-state index in [0.717, 1.165) is 38.5 Å². The van der Waals surface area contributed by atoms with Gasteiger partial charge in [-0.3, -0.25) is 4.79 Å². The summed E-state index contributed by atoms with van der Waals surface area (Å²) in [6.07, 6.45) is 46.4. The third-order valence-electron chi connectivity index (χ3n) is 12.4. The van der Waals surface area contributed by atoms with Crippen LogP contribution in [0.5, 0.6) is 0 Å². The highest BCUT2D eigenvalue weighted by Gasteiger charge is 2.44. The minimum Gasteiger partial charge on any atom is -0.457 e. The largest absolute Gasteiger partial charge is 0.457 e. The fourth-order valence-electron chi connectivity index (χ4n) is 8.23. The Kier molecular flexibility index (Phi) is 42.5. The number of ether oxygens (including phenoxy) is 4. The fraction of sp³-hybridized carbons (Fsp3) is 0.906. The predicted octanol–water partition coefficient (Wildman–Crippen LogP) is 12.9. The zero-order chi connectivity index (χ0) is 45.0. The molecule has 0 radical (unpaired) electrons. The van der Waals surface area contributed by atoms with Crippen molar-refractivity contribution in [1.82, 2.24) is 0 Å². The Morgan fingerprint density at radius 1 is 0.516 bits per heavy atom. The third-order valence-corrected chi connectivity index (χ3v) is 12.4. The van der Waals surface area contributed by atoms with Gasteiger partial charge in [-0.2, -0.15) is 0 Å². The van der Waals surface area contributed by atoms with E-state index in [-0.39, 0.29) is 19.2 Å². The van der Waals surface area contributed by atoms with Crippen molar-refractivity contribution in [2.24, 2.45) is 0 Å². The number of unbranched alkanes of at least 4 members (excludes halogenated alkanes) is 31. The minimum atomic E-state index is -1.53. The standard InChI is InChI=1S/C53H100O9/c1-3-5-7-9-11-13-15-17-19-21-22-23-24-25-27-29-31-33-35-37-39-41-43-59-45-47(46-60-53-52(58)51(57)50(56)48(44-54)62-53)61-49(55)42-40-38-36-34-32-30-28-26-20-18-16-14-12-10-8-6-4-2/h15,17,21-22,47-48,50-54,56-58H,3-14,16,18-20,23-46H2,1-2H3/b17-15-,22-21-. The van der Waals surface area contributed by atoms with Crippen molar-refractivity contribution in [3.8, 4) is 0 Å². The SMILES string of the molecule is CCCCCCC/C=C\C/C=C\CCCCCCCCCCCCOCC(COC1OC(CO)C(O)C(O)C1O)OC(=O)CCCCCCCCCCCCCCCCCCC. The smallest absolute Gasteiger partial charge is 0.306 e. The molecule has 1 rings (SSSR count). The van der Waals surface area contributed by atoms with Crippen molar-refractivity contribution in [3.63, 3.8) is 0 Å². The van der Waals surface area contributed by atoms with E-state index in [4.69, 9.17) is 18.9 Å². The van der Waals surface area contributed by atoms with E-state index in [1.54, 1.807) is 0 Å². The number of allylic oxidation sites excluding steroid dienone is 4. The highest BCUT2D eigenvalue weighted by atomic mass is 16.7. The number of aliphatic hydroxyl groups excluding tert-OH is 4. The first kappa shape index (κ1) is 58.7. The molecule has 0 aliphatic carbocycles. The van der Waals surface area contributed by atoms with Crippen LogP contribution in [0.3, 0.4) is 0 Å². The van der Waals surface area contributed by atoms with Crippen molar-refractivity contribution in [2.75, 3.05) is 26.4 Å². The quantitative estimate of drug-likeness (QED) is 0.0268. The normalized spacial score (nSPS) is 19.9. The summed E-state index contributed by atoms with van der Waals surface area (Å²) in [6.45, 7) is 4.59. The van der Waals surface area contributed by atoms with Gasteiger partial charge in [0.2, 0.25) is 0 Å².